The zero-order valence-electron chi connectivity index (χ0n) is 14.6. The van der Waals surface area contributed by atoms with Crippen LogP contribution in [0.3, 0.4) is 0 Å². The molecular weight excluding hydrogens is 304 g/mol. The molecule has 128 valence electrons. The Bertz CT molecular complexity index is 733. The van der Waals surface area contributed by atoms with Gasteiger partial charge in [-0.3, -0.25) is 5.32 Å². The monoisotopic (exact) mass is 328 g/mol. The number of rotatable bonds is 1. The van der Waals surface area contributed by atoms with Gasteiger partial charge in [0.1, 0.15) is 18.2 Å². The fraction of sp³-hybridized carbons (Fsp3) is 0.444. The lowest BCUT2D eigenvalue weighted by Crippen LogP contribution is -2.43. The molecule has 0 saturated heterocycles. The van der Waals surface area contributed by atoms with E-state index in [2.05, 4.69) is 10.4 Å². The first-order chi connectivity index (χ1) is 11.4. The number of urea groups is 1. The van der Waals surface area contributed by atoms with Gasteiger partial charge >= 0.3 is 6.03 Å². The van der Waals surface area contributed by atoms with E-state index in [0.29, 0.717) is 19.0 Å². The van der Waals surface area contributed by atoms with Crippen molar-refractivity contribution in [1.82, 2.24) is 14.7 Å². The van der Waals surface area contributed by atoms with Crippen LogP contribution < -0.4 is 10.1 Å². The summed E-state index contributed by atoms with van der Waals surface area (Å²) in [7, 11) is 0. The van der Waals surface area contributed by atoms with Gasteiger partial charge in [0.15, 0.2) is 0 Å². The second-order valence-electron chi connectivity index (χ2n) is 7.12. The molecule has 0 saturated carbocycles. The van der Waals surface area contributed by atoms with E-state index < -0.39 is 0 Å². The number of nitrogens with one attached hydrogen (secondary N) is 1. The Morgan fingerprint density at radius 2 is 2.04 bits per heavy atom. The lowest BCUT2D eigenvalue weighted by Gasteiger charge is -2.28. The van der Waals surface area contributed by atoms with Gasteiger partial charge in [-0.2, -0.15) is 5.10 Å². The van der Waals surface area contributed by atoms with E-state index in [4.69, 9.17) is 4.74 Å². The van der Waals surface area contributed by atoms with Crippen molar-refractivity contribution in [3.63, 3.8) is 0 Å². The molecule has 24 heavy (non-hydrogen) atoms. The molecule has 1 N–H and O–H groups in total. The normalized spacial score (nSPS) is 17.7. The molecule has 3 rings (SSSR count). The molecule has 2 heterocycles. The molecule has 1 atom stereocenters. The zero-order valence-corrected chi connectivity index (χ0v) is 14.6. The Morgan fingerprint density at radius 1 is 1.29 bits per heavy atom. The van der Waals surface area contributed by atoms with Crippen molar-refractivity contribution in [3.8, 4) is 5.75 Å². The number of benzene rings is 1. The van der Waals surface area contributed by atoms with Crippen LogP contribution >= 0.6 is 0 Å². The smallest absolute Gasteiger partial charge is 0.323 e. The zero-order chi connectivity index (χ0) is 17.3. The molecule has 0 aliphatic carbocycles. The van der Waals surface area contributed by atoms with Crippen LogP contribution in [0.5, 0.6) is 5.75 Å². The summed E-state index contributed by atoms with van der Waals surface area (Å²) in [6.45, 7) is 9.14. The largest absolute Gasteiger partial charge is 0.491 e. The molecular formula is C18H24N4O2. The van der Waals surface area contributed by atoms with Gasteiger partial charge in [0.05, 0.1) is 24.3 Å². The van der Waals surface area contributed by atoms with E-state index >= 15 is 0 Å². The molecule has 0 unspecified atom stereocenters. The average Bonchev–Trinajstić information content (AvgIpc) is 2.92. The van der Waals surface area contributed by atoms with Crippen molar-refractivity contribution in [2.45, 2.75) is 45.8 Å². The summed E-state index contributed by atoms with van der Waals surface area (Å²) in [5.41, 5.74) is 0.813. The minimum Gasteiger partial charge on any atom is -0.491 e. The third-order valence-electron chi connectivity index (χ3n) is 4.10. The van der Waals surface area contributed by atoms with Crippen LogP contribution in [-0.4, -0.2) is 33.4 Å². The minimum absolute atomic E-state index is 0.0246. The summed E-state index contributed by atoms with van der Waals surface area (Å²) in [5, 5.41) is 7.31. The van der Waals surface area contributed by atoms with Crippen LogP contribution in [0.2, 0.25) is 0 Å². The van der Waals surface area contributed by atoms with Gasteiger partial charge in [0.2, 0.25) is 0 Å². The van der Waals surface area contributed by atoms with Crippen LogP contribution in [-0.2, 0) is 12.1 Å². The first kappa shape index (κ1) is 16.4. The van der Waals surface area contributed by atoms with E-state index in [1.165, 1.54) is 0 Å². The molecule has 2 aromatic rings. The number of nitrogens with zero attached hydrogens (tertiary/aromatic N) is 3. The molecule has 6 nitrogen and oxygen atoms in total. The molecule has 1 aliphatic rings. The van der Waals surface area contributed by atoms with Crippen molar-refractivity contribution >= 4 is 11.8 Å². The van der Waals surface area contributed by atoms with Gasteiger partial charge in [-0.15, -0.1) is 0 Å². The van der Waals surface area contributed by atoms with Gasteiger partial charge in [0, 0.05) is 11.6 Å². The summed E-state index contributed by atoms with van der Waals surface area (Å²) in [6, 6.07) is 9.49. The predicted molar refractivity (Wildman–Crippen MR) is 93.2 cm³/mol. The number of amides is 2. The Labute approximate surface area is 142 Å². The molecule has 6 heteroatoms. The van der Waals surface area contributed by atoms with E-state index in [9.17, 15) is 4.79 Å². The highest BCUT2D eigenvalue weighted by Gasteiger charge is 2.27. The first-order valence-electron chi connectivity index (χ1n) is 8.19. The fourth-order valence-corrected chi connectivity index (χ4v) is 2.80. The van der Waals surface area contributed by atoms with E-state index in [-0.39, 0.29) is 17.6 Å². The molecule has 2 amide bonds. The highest BCUT2D eigenvalue weighted by atomic mass is 16.5. The number of ether oxygens (including phenoxy) is 1. The molecule has 0 bridgehead atoms. The number of fused-ring (bicyclic) bond motifs is 1. The van der Waals surface area contributed by atoms with Crippen LogP contribution in [0.1, 0.15) is 33.3 Å². The third-order valence-corrected chi connectivity index (χ3v) is 4.10. The van der Waals surface area contributed by atoms with Gasteiger partial charge in [-0.05, 0) is 33.8 Å². The highest BCUT2D eigenvalue weighted by molar-refractivity contribution is 5.88. The predicted octanol–water partition coefficient (Wildman–Crippen LogP) is 3.45. The van der Waals surface area contributed by atoms with E-state index in [1.54, 1.807) is 11.1 Å². The summed E-state index contributed by atoms with van der Waals surface area (Å²) >= 11 is 0. The summed E-state index contributed by atoms with van der Waals surface area (Å²) in [5.74, 6) is 1.54. The Morgan fingerprint density at radius 3 is 2.79 bits per heavy atom. The minimum atomic E-state index is -0.202. The van der Waals surface area contributed by atoms with Crippen LogP contribution in [0, 0.1) is 0 Å². The van der Waals surface area contributed by atoms with Crippen molar-refractivity contribution in [2.75, 3.05) is 11.9 Å². The van der Waals surface area contributed by atoms with Gasteiger partial charge in [0.25, 0.3) is 0 Å². The number of carbonyl (C=O) groups excluding carboxylic acids is 1. The number of para-hydroxylation sites is 1. The number of hydrogen-bond acceptors (Lipinski definition) is 3. The first-order valence-corrected chi connectivity index (χ1v) is 8.19. The van der Waals surface area contributed by atoms with E-state index in [0.717, 1.165) is 11.3 Å². The maximum absolute atomic E-state index is 12.8. The van der Waals surface area contributed by atoms with Crippen molar-refractivity contribution in [2.24, 2.45) is 0 Å². The van der Waals surface area contributed by atoms with Gasteiger partial charge in [-0.25, -0.2) is 9.48 Å². The number of carbonyl (C=O) groups is 1. The lowest BCUT2D eigenvalue weighted by atomic mass is 10.1. The molecule has 1 aromatic heterocycles. The second kappa shape index (κ2) is 6.19. The van der Waals surface area contributed by atoms with Crippen LogP contribution in [0.25, 0.3) is 0 Å². The molecule has 1 aliphatic heterocycles. The maximum atomic E-state index is 12.8. The lowest BCUT2D eigenvalue weighted by molar-refractivity contribution is 0.167. The standard InChI is InChI=1S/C18H24N4O2/c1-13-12-24-15-8-6-5-7-14(15)11-21(13)17(23)20-16-9-10-19-22(16)18(2,3)4/h5-10,13H,11-12H2,1-4H3,(H,20,23)/t13-/m1/s1. The van der Waals surface area contributed by atoms with Gasteiger partial charge in [-0.1, -0.05) is 18.2 Å². The average molecular weight is 328 g/mol. The molecule has 1 aromatic carbocycles. The molecule has 0 radical (unpaired) electrons. The number of hydrogen-bond donors (Lipinski definition) is 1. The Hall–Kier alpha value is -2.50. The van der Waals surface area contributed by atoms with Crippen molar-refractivity contribution < 1.29 is 9.53 Å². The third kappa shape index (κ3) is 3.22. The van der Waals surface area contributed by atoms with Crippen molar-refractivity contribution in [1.29, 1.82) is 0 Å². The number of aromatic nitrogens is 2. The topological polar surface area (TPSA) is 59.4 Å². The maximum Gasteiger partial charge on any atom is 0.323 e. The van der Waals surface area contributed by atoms with Crippen LogP contribution in [0.4, 0.5) is 10.6 Å². The summed E-state index contributed by atoms with van der Waals surface area (Å²) < 4.78 is 7.63. The SMILES string of the molecule is C[C@@H]1COc2ccccc2CN1C(=O)Nc1ccnn1C(C)(C)C. The fourth-order valence-electron chi connectivity index (χ4n) is 2.80. The number of anilines is 1. The van der Waals surface area contributed by atoms with Crippen LogP contribution in [0.15, 0.2) is 36.5 Å². The van der Waals surface area contributed by atoms with Crippen molar-refractivity contribution in [3.05, 3.63) is 42.1 Å². The molecule has 0 spiro atoms. The highest BCUT2D eigenvalue weighted by Crippen LogP contribution is 2.26. The van der Waals surface area contributed by atoms with E-state index in [1.807, 2.05) is 62.7 Å². The Balaban J connectivity index is 1.81. The summed E-state index contributed by atoms with van der Waals surface area (Å²) in [6.07, 6.45) is 1.70. The quantitative estimate of drug-likeness (QED) is 0.872. The Kier molecular flexibility index (Phi) is 4.22. The summed E-state index contributed by atoms with van der Waals surface area (Å²) in [4.78, 5) is 14.6. The van der Waals surface area contributed by atoms with Gasteiger partial charge < -0.3 is 9.64 Å². The molecule has 0 fully saturated rings. The second-order valence-corrected chi connectivity index (χ2v) is 7.12.